The quantitative estimate of drug-likeness (QED) is 0.129. The van der Waals surface area contributed by atoms with Crippen LogP contribution in [0.1, 0.15) is 25.0 Å². The topological polar surface area (TPSA) is 130 Å². The Hall–Kier alpha value is -19.2. The summed E-state index contributed by atoms with van der Waals surface area (Å²) >= 11 is 0. The summed E-state index contributed by atoms with van der Waals surface area (Å²) in [7, 11) is 0. The molecule has 0 saturated heterocycles. The van der Waals surface area contributed by atoms with E-state index < -0.39 is 0 Å². The highest BCUT2D eigenvalue weighted by Crippen LogP contribution is 2.52. The van der Waals surface area contributed by atoms with Gasteiger partial charge in [0.15, 0.2) is 0 Å². The molecule has 1 aliphatic carbocycles. The van der Waals surface area contributed by atoms with Crippen molar-refractivity contribution in [2.75, 3.05) is 0 Å². The predicted octanol–water partition coefficient (Wildman–Crippen LogP) is 36.7. The number of nitrogens with zero attached hydrogens (tertiary/aromatic N) is 6. The number of fused-ring (bicyclic) bond motifs is 29. The maximum absolute atomic E-state index is 6.55. The highest BCUT2D eigenvalue weighted by Gasteiger charge is 2.36. The number of rotatable bonds is 9. The Morgan fingerprint density at radius 1 is 0.166 bits per heavy atom. The van der Waals surface area contributed by atoms with Crippen molar-refractivity contribution in [3.8, 4) is 111 Å². The summed E-state index contributed by atoms with van der Waals surface area (Å²) in [6, 6.07) is 164. The van der Waals surface area contributed by atoms with Gasteiger partial charge in [0, 0.05) is 21.8 Å². The molecule has 10 heteroatoms. The second kappa shape index (κ2) is 33.0. The average molecular weight is 1850 g/mol. The van der Waals surface area contributed by atoms with E-state index in [0.29, 0.717) is 17.1 Å². The van der Waals surface area contributed by atoms with Gasteiger partial charge in [0.2, 0.25) is 17.1 Å². The highest BCUT2D eigenvalue weighted by atomic mass is 16.4. The van der Waals surface area contributed by atoms with Crippen LogP contribution in [0.2, 0.25) is 0 Å². The van der Waals surface area contributed by atoms with Crippen molar-refractivity contribution in [1.82, 2.24) is 29.9 Å². The van der Waals surface area contributed by atoms with Gasteiger partial charge in [-0.25, -0.2) is 29.9 Å². The molecule has 23 aromatic carbocycles. The summed E-state index contributed by atoms with van der Waals surface area (Å²) in [6.45, 7) is 4.67. The molecule has 0 N–H and O–H groups in total. The first-order valence-corrected chi connectivity index (χ1v) is 49.2. The maximum atomic E-state index is 6.55. The summed E-state index contributed by atoms with van der Waals surface area (Å²) in [5.41, 5.74) is 39.5. The second-order valence-electron chi connectivity index (χ2n) is 38.6. The number of hydrogen-bond donors (Lipinski definition) is 0. The van der Waals surface area contributed by atoms with Gasteiger partial charge in [-0.1, -0.05) is 366 Å². The fourth-order valence-electron chi connectivity index (χ4n) is 22.6. The van der Waals surface area contributed by atoms with Crippen LogP contribution in [-0.2, 0) is 5.41 Å². The molecule has 0 bridgehead atoms. The zero-order valence-electron chi connectivity index (χ0n) is 78.7. The zero-order valence-corrected chi connectivity index (χ0v) is 78.7. The Bertz CT molecular complexity index is 10700. The first-order chi connectivity index (χ1) is 71.5. The van der Waals surface area contributed by atoms with E-state index in [1.807, 2.05) is 24.3 Å². The summed E-state index contributed by atoms with van der Waals surface area (Å²) in [5.74, 6) is 0. The third kappa shape index (κ3) is 13.9. The number of hydrogen-bond acceptors (Lipinski definition) is 10. The Morgan fingerprint density at radius 2 is 0.462 bits per heavy atom. The van der Waals surface area contributed by atoms with Crippen molar-refractivity contribution in [3.63, 3.8) is 0 Å². The summed E-state index contributed by atoms with van der Waals surface area (Å²) in [4.78, 5) is 30.0. The van der Waals surface area contributed by atoms with Crippen LogP contribution in [0.4, 0.5) is 0 Å². The summed E-state index contributed by atoms with van der Waals surface area (Å²) < 4.78 is 25.2. The third-order valence-corrected chi connectivity index (χ3v) is 29.8. The van der Waals surface area contributed by atoms with E-state index in [1.165, 1.54) is 104 Å². The van der Waals surface area contributed by atoms with Crippen LogP contribution in [0.3, 0.4) is 0 Å². The fraction of sp³-hybridized carbons (Fsp3) is 0.0222. The molecule has 0 radical (unpaired) electrons. The van der Waals surface area contributed by atoms with Gasteiger partial charge >= 0.3 is 0 Å². The van der Waals surface area contributed by atoms with E-state index >= 15 is 0 Å². The predicted molar refractivity (Wildman–Crippen MR) is 599 cm³/mol. The van der Waals surface area contributed by atoms with Gasteiger partial charge in [0.1, 0.15) is 44.5 Å². The standard InChI is InChI=1S/C46H26N2O2.C45H30N2O.C44H26N2O/c1-3-14-34-27(8-1)19-22-40-42(34)37-17-7-16-36(45(37)49-40)33-13-6-12-31(25-33)29-10-5-11-30(24-29)32-18-21-38-39(26-32)48-46-44(47-38)43-35-15-4-2-9-28(35)20-23-41(43)50-46;1-45(2)37-16-6-5-15-35(37)36-20-17-32(25-38(36)45)30-12-7-10-28(23-30)29-11-8-13-31(24-29)33-18-21-39-40(26-33)47-44-43(46-39)42-34-14-4-3-9-27(34)19-22-41(42)48-44;1-4-16-35-27(9-1)20-22-41-42(35)43-44(47-41)46-40-26-31(19-21-39(40)45-43)29-12-7-11-28(23-29)30-13-8-14-32(24-30)38-25-33-10-2-3-15-34(33)36-17-5-6-18-37(36)38/h1-26H;3-26H,1-2H3;1-26H. The monoisotopic (exact) mass is 1850 g/mol. The Morgan fingerprint density at radius 3 is 0.890 bits per heavy atom. The Balaban J connectivity index is 0.000000103. The lowest BCUT2D eigenvalue weighted by molar-refractivity contribution is 0.655. The largest absolute Gasteiger partial charge is 0.455 e. The number of para-hydroxylation sites is 1. The minimum absolute atomic E-state index is 0.0251. The second-order valence-corrected chi connectivity index (χ2v) is 38.6. The highest BCUT2D eigenvalue weighted by molar-refractivity contribution is 6.23. The van der Waals surface area contributed by atoms with Crippen LogP contribution in [0, 0.1) is 0 Å². The number of furan rings is 4. The lowest BCUT2D eigenvalue weighted by Gasteiger charge is -2.22. The minimum Gasteiger partial charge on any atom is -0.455 e. The Kier molecular flexibility index (Phi) is 18.9. The molecule has 7 aromatic heterocycles. The van der Waals surface area contributed by atoms with Crippen LogP contribution in [0.5, 0.6) is 0 Å². The molecular weight excluding hydrogens is 1770 g/mol. The van der Waals surface area contributed by atoms with Gasteiger partial charge in [-0.05, 0) is 291 Å². The van der Waals surface area contributed by atoms with Crippen LogP contribution < -0.4 is 0 Å². The normalized spacial score (nSPS) is 12.4. The molecular formula is C135H82N6O4. The van der Waals surface area contributed by atoms with Crippen LogP contribution in [0.15, 0.2) is 479 Å². The molecule has 0 saturated carbocycles. The Labute approximate surface area is 830 Å². The number of aromatic nitrogens is 6. The SMILES string of the molecule is CC1(C)c2ccccc2-c2ccc(-c3cccc(-c4cccc(-c5ccc6nc7c(nc6c5)oc5ccc6ccccc6c57)c4)c3)cc21.c1cc(-c2cccc(-c3cc4ccccc4c4ccccc34)c2)cc(-c2ccc3nc4c(nc3c2)oc2ccc3ccccc3c24)c1.c1cc(-c2cccc(-c3cccc4c3oc3ccc5ccccc5c34)c2)cc(-c2ccc3nc4c(nc3c2)oc2ccc3ccccc3c24)c1. The fourth-order valence-corrected chi connectivity index (χ4v) is 22.6. The minimum atomic E-state index is -0.0251. The molecule has 7 heterocycles. The van der Waals surface area contributed by atoms with E-state index in [2.05, 4.69) is 451 Å². The van der Waals surface area contributed by atoms with Gasteiger partial charge in [0.05, 0.1) is 49.3 Å². The molecule has 0 unspecified atom stereocenters. The summed E-state index contributed by atoms with van der Waals surface area (Å²) in [5, 5.41) is 19.7. The molecule has 1 aliphatic rings. The van der Waals surface area contributed by atoms with Gasteiger partial charge in [0.25, 0.3) is 0 Å². The number of benzene rings is 23. The van der Waals surface area contributed by atoms with Crippen molar-refractivity contribution in [1.29, 1.82) is 0 Å². The molecule has 676 valence electrons. The van der Waals surface area contributed by atoms with E-state index in [0.717, 1.165) is 187 Å². The maximum Gasteiger partial charge on any atom is 0.246 e. The average Bonchev–Trinajstić information content (AvgIpc) is 1.59. The molecule has 30 aromatic rings. The molecule has 0 spiro atoms. The lowest BCUT2D eigenvalue weighted by Crippen LogP contribution is -2.14. The summed E-state index contributed by atoms with van der Waals surface area (Å²) in [6.07, 6.45) is 0. The van der Waals surface area contributed by atoms with Crippen molar-refractivity contribution >= 4 is 186 Å². The van der Waals surface area contributed by atoms with Crippen molar-refractivity contribution in [2.45, 2.75) is 19.3 Å². The molecule has 0 amide bonds. The molecule has 31 rings (SSSR count). The molecule has 0 atom stereocenters. The van der Waals surface area contributed by atoms with Crippen LogP contribution in [0.25, 0.3) is 298 Å². The van der Waals surface area contributed by atoms with Gasteiger partial charge in [-0.3, -0.25) is 0 Å². The first kappa shape index (κ1) is 82.9. The zero-order chi connectivity index (χ0) is 95.6. The third-order valence-electron chi connectivity index (χ3n) is 29.8. The lowest BCUT2D eigenvalue weighted by atomic mass is 9.81. The van der Waals surface area contributed by atoms with Gasteiger partial charge in [-0.2, -0.15) is 0 Å². The van der Waals surface area contributed by atoms with Crippen LogP contribution >= 0.6 is 0 Å². The van der Waals surface area contributed by atoms with Crippen molar-refractivity contribution in [2.24, 2.45) is 0 Å². The van der Waals surface area contributed by atoms with Gasteiger partial charge < -0.3 is 17.7 Å². The molecule has 0 fully saturated rings. The van der Waals surface area contributed by atoms with E-state index in [4.69, 9.17) is 47.6 Å². The van der Waals surface area contributed by atoms with E-state index in [-0.39, 0.29) is 5.41 Å². The molecule has 145 heavy (non-hydrogen) atoms. The van der Waals surface area contributed by atoms with E-state index in [1.54, 1.807) is 0 Å². The van der Waals surface area contributed by atoms with Gasteiger partial charge in [-0.15, -0.1) is 0 Å². The van der Waals surface area contributed by atoms with E-state index in [9.17, 15) is 0 Å². The van der Waals surface area contributed by atoms with Crippen LogP contribution in [-0.4, -0.2) is 29.9 Å². The van der Waals surface area contributed by atoms with Crippen molar-refractivity contribution < 1.29 is 17.7 Å². The molecule has 0 aliphatic heterocycles. The first-order valence-electron chi connectivity index (χ1n) is 49.2. The molecule has 10 nitrogen and oxygen atoms in total. The smallest absolute Gasteiger partial charge is 0.246 e. The van der Waals surface area contributed by atoms with Crippen molar-refractivity contribution in [3.05, 3.63) is 472 Å².